The lowest BCUT2D eigenvalue weighted by Gasteiger charge is -2.17. The molecule has 1 atom stereocenters. The summed E-state index contributed by atoms with van der Waals surface area (Å²) in [5, 5.41) is 10.8. The Hall–Kier alpha value is -3.22. The summed E-state index contributed by atoms with van der Waals surface area (Å²) < 4.78 is 41.0. The first-order valence-corrected chi connectivity index (χ1v) is 11.4. The van der Waals surface area contributed by atoms with Crippen LogP contribution in [0.1, 0.15) is 19.8 Å². The van der Waals surface area contributed by atoms with E-state index in [0.29, 0.717) is 24.1 Å². The number of nitro groups is 1. The summed E-state index contributed by atoms with van der Waals surface area (Å²) >= 11 is 0. The van der Waals surface area contributed by atoms with E-state index in [4.69, 9.17) is 28.7 Å². The number of anilines is 1. The van der Waals surface area contributed by atoms with Crippen LogP contribution >= 0.6 is 7.60 Å². The Morgan fingerprint density at radius 3 is 2.81 bits per heavy atom. The van der Waals surface area contributed by atoms with Gasteiger partial charge in [0.05, 0.1) is 32.7 Å². The minimum absolute atomic E-state index is 0.0341. The van der Waals surface area contributed by atoms with Gasteiger partial charge in [0, 0.05) is 12.6 Å². The fraction of sp³-hybridized carbons (Fsp3) is 0.471. The van der Waals surface area contributed by atoms with Crippen molar-refractivity contribution in [1.82, 2.24) is 19.5 Å². The van der Waals surface area contributed by atoms with Crippen molar-refractivity contribution in [2.45, 2.75) is 26.3 Å². The normalized spacial score (nSPS) is 13.2. The first kappa shape index (κ1) is 23.4. The van der Waals surface area contributed by atoms with Crippen molar-refractivity contribution in [1.29, 1.82) is 0 Å². The predicted octanol–water partition coefficient (Wildman–Crippen LogP) is 2.98. The molecule has 1 unspecified atom stereocenters. The van der Waals surface area contributed by atoms with Crippen LogP contribution in [0.15, 0.2) is 22.9 Å². The maximum Gasteiger partial charge on any atom is 0.436 e. The van der Waals surface area contributed by atoms with Gasteiger partial charge in [-0.2, -0.15) is 9.97 Å². The fourth-order valence-corrected chi connectivity index (χ4v) is 3.92. The van der Waals surface area contributed by atoms with Gasteiger partial charge >= 0.3 is 13.5 Å². The maximum absolute atomic E-state index is 13.1. The van der Waals surface area contributed by atoms with Crippen molar-refractivity contribution in [3.05, 3.63) is 28.6 Å². The number of ether oxygens (including phenoxy) is 2. The average molecular weight is 470 g/mol. The smallest absolute Gasteiger partial charge is 0.436 e. The molecule has 3 aromatic heterocycles. The Bertz CT molecular complexity index is 1120. The summed E-state index contributed by atoms with van der Waals surface area (Å²) in [6.45, 7) is 2.53. The maximum atomic E-state index is 13.1. The average Bonchev–Trinajstić information content (AvgIpc) is 3.38. The van der Waals surface area contributed by atoms with Crippen LogP contribution in [0.3, 0.4) is 0 Å². The number of hydrogen-bond donors (Lipinski definition) is 1. The highest BCUT2D eigenvalue weighted by Crippen LogP contribution is 2.49. The summed E-state index contributed by atoms with van der Waals surface area (Å²) in [6.07, 6.45) is 2.60. The van der Waals surface area contributed by atoms with Gasteiger partial charge in [-0.15, -0.1) is 0 Å². The number of unbranched alkanes of at least 4 members (excludes halogenated alkanes) is 1. The van der Waals surface area contributed by atoms with Gasteiger partial charge in [0.25, 0.3) is 5.95 Å². The highest BCUT2D eigenvalue weighted by atomic mass is 31.2. The first-order chi connectivity index (χ1) is 15.3. The molecule has 174 valence electrons. The van der Waals surface area contributed by atoms with Gasteiger partial charge in [0.2, 0.25) is 11.8 Å². The zero-order valence-electron chi connectivity index (χ0n) is 17.5. The molecule has 0 bridgehead atoms. The third-order valence-corrected chi connectivity index (χ3v) is 5.66. The van der Waals surface area contributed by atoms with Crippen LogP contribution in [0, 0.1) is 10.1 Å². The predicted molar refractivity (Wildman–Crippen MR) is 112 cm³/mol. The Balaban J connectivity index is 1.63. The fourth-order valence-electron chi connectivity index (χ4n) is 2.61. The van der Waals surface area contributed by atoms with Crippen molar-refractivity contribution >= 4 is 30.6 Å². The number of nitrogens with two attached hydrogens (primary N) is 1. The molecule has 2 N–H and O–H groups in total. The van der Waals surface area contributed by atoms with E-state index in [0.717, 1.165) is 12.5 Å². The van der Waals surface area contributed by atoms with Gasteiger partial charge in [-0.25, -0.2) is 9.55 Å². The van der Waals surface area contributed by atoms with Crippen molar-refractivity contribution in [3.63, 3.8) is 0 Å². The second-order valence-electron chi connectivity index (χ2n) is 6.48. The number of fused-ring (bicyclic) bond motifs is 1. The molecule has 0 spiro atoms. The highest BCUT2D eigenvalue weighted by molar-refractivity contribution is 7.54. The summed E-state index contributed by atoms with van der Waals surface area (Å²) in [5.74, 6) is -0.543. The Morgan fingerprint density at radius 1 is 1.31 bits per heavy atom. The zero-order chi connectivity index (χ0) is 23.1. The number of rotatable bonds is 13. The van der Waals surface area contributed by atoms with Crippen LogP contribution in [0.4, 0.5) is 11.8 Å². The lowest BCUT2D eigenvalue weighted by atomic mass is 10.4. The number of nitrogens with zero attached hydrogens (tertiary/aromatic N) is 5. The van der Waals surface area contributed by atoms with Gasteiger partial charge < -0.3 is 28.7 Å². The largest absolute Gasteiger partial charge is 0.479 e. The van der Waals surface area contributed by atoms with Crippen molar-refractivity contribution < 1.29 is 32.4 Å². The van der Waals surface area contributed by atoms with Crippen LogP contribution in [0.2, 0.25) is 0 Å². The molecular formula is C17H23N6O8P. The van der Waals surface area contributed by atoms with Crippen LogP contribution < -0.4 is 15.0 Å². The molecule has 14 nitrogen and oxygen atoms in total. The molecular weight excluding hydrogens is 447 g/mol. The van der Waals surface area contributed by atoms with Crippen molar-refractivity contribution in [3.8, 4) is 11.8 Å². The highest BCUT2D eigenvalue weighted by Gasteiger charge is 2.29. The SMILES string of the molecule is CCCCOP(=O)(COCCn1cnc2c(OC)nc(N)nc21)Oc1ccc([N+](=O)[O-])o1. The van der Waals surface area contributed by atoms with Gasteiger partial charge in [0.15, 0.2) is 17.5 Å². The molecule has 32 heavy (non-hydrogen) atoms. The second kappa shape index (κ2) is 10.4. The number of nitrogen functional groups attached to an aromatic ring is 1. The zero-order valence-corrected chi connectivity index (χ0v) is 18.4. The van der Waals surface area contributed by atoms with Gasteiger partial charge in [-0.3, -0.25) is 14.6 Å². The standard InChI is InChI=1S/C17H23N6O8P/c1-3-4-8-29-32(26,31-13-6-5-12(30-13)23(24)25)11-28-9-7-22-10-19-14-15(22)20-17(18)21-16(14)27-2/h5-6,10H,3-4,7-9,11H2,1-2H3,(H2,18,20,21). The molecule has 0 saturated carbocycles. The molecule has 0 saturated heterocycles. The molecule has 3 rings (SSSR count). The van der Waals surface area contributed by atoms with Gasteiger partial charge in [-0.05, 0) is 6.42 Å². The summed E-state index contributed by atoms with van der Waals surface area (Å²) in [6, 6.07) is 2.29. The van der Waals surface area contributed by atoms with E-state index in [9.17, 15) is 14.7 Å². The molecule has 0 aromatic carbocycles. The van der Waals surface area contributed by atoms with Crippen LogP contribution in [0.5, 0.6) is 11.8 Å². The third-order valence-electron chi connectivity index (χ3n) is 4.13. The van der Waals surface area contributed by atoms with Gasteiger partial charge in [0.1, 0.15) is 4.92 Å². The Morgan fingerprint density at radius 2 is 2.12 bits per heavy atom. The number of imidazole rings is 1. The quantitative estimate of drug-likeness (QED) is 0.167. The van der Waals surface area contributed by atoms with Gasteiger partial charge in [-0.1, -0.05) is 13.3 Å². The third kappa shape index (κ3) is 5.72. The summed E-state index contributed by atoms with van der Waals surface area (Å²) in [4.78, 5) is 22.4. The monoisotopic (exact) mass is 470 g/mol. The Labute approximate surface area is 182 Å². The van der Waals surface area contributed by atoms with E-state index in [1.165, 1.54) is 19.5 Å². The summed E-state index contributed by atoms with van der Waals surface area (Å²) in [7, 11) is -2.34. The van der Waals surface area contributed by atoms with E-state index in [-0.39, 0.29) is 31.0 Å². The van der Waals surface area contributed by atoms with Crippen LogP contribution in [-0.4, -0.2) is 51.1 Å². The molecule has 0 radical (unpaired) electrons. The molecule has 0 fully saturated rings. The molecule has 3 heterocycles. The first-order valence-electron chi connectivity index (χ1n) is 9.62. The molecule has 0 aliphatic rings. The molecule has 3 aromatic rings. The van der Waals surface area contributed by atoms with E-state index in [1.54, 1.807) is 4.57 Å². The lowest BCUT2D eigenvalue weighted by Crippen LogP contribution is -2.11. The number of furan rings is 1. The molecule has 15 heteroatoms. The molecule has 0 aliphatic carbocycles. The minimum Gasteiger partial charge on any atom is -0.479 e. The number of methoxy groups -OCH3 is 1. The van der Waals surface area contributed by atoms with E-state index >= 15 is 0 Å². The number of aromatic nitrogens is 4. The summed E-state index contributed by atoms with van der Waals surface area (Å²) in [5.41, 5.74) is 6.60. The Kier molecular flexibility index (Phi) is 7.62. The van der Waals surface area contributed by atoms with E-state index < -0.39 is 24.8 Å². The molecule has 0 aliphatic heterocycles. The topological polar surface area (TPSA) is 180 Å². The second-order valence-corrected chi connectivity index (χ2v) is 8.40. The number of hydrogen-bond acceptors (Lipinski definition) is 12. The van der Waals surface area contributed by atoms with Crippen LogP contribution in [-0.2, 0) is 20.4 Å². The van der Waals surface area contributed by atoms with E-state index in [2.05, 4.69) is 15.0 Å². The van der Waals surface area contributed by atoms with Crippen molar-refractivity contribution in [2.75, 3.05) is 32.4 Å². The lowest BCUT2D eigenvalue weighted by molar-refractivity contribution is -0.402. The van der Waals surface area contributed by atoms with Crippen molar-refractivity contribution in [2.24, 2.45) is 0 Å². The minimum atomic E-state index is -3.79. The molecule has 0 amide bonds. The van der Waals surface area contributed by atoms with E-state index in [1.807, 2.05) is 6.92 Å². The van der Waals surface area contributed by atoms with Crippen LogP contribution in [0.25, 0.3) is 11.2 Å².